The summed E-state index contributed by atoms with van der Waals surface area (Å²) in [5.41, 5.74) is 8.83. The second-order valence-corrected chi connectivity index (χ2v) is 6.69. The van der Waals surface area contributed by atoms with Gasteiger partial charge in [-0.15, -0.1) is 0 Å². The Bertz CT molecular complexity index is 671. The average Bonchev–Trinajstić information content (AvgIpc) is 2.57. The predicted molar refractivity (Wildman–Crippen MR) is 96.0 cm³/mol. The fourth-order valence-corrected chi connectivity index (χ4v) is 2.68. The molecule has 0 aliphatic heterocycles. The van der Waals surface area contributed by atoms with Gasteiger partial charge in [0, 0.05) is 12.6 Å². The Balaban J connectivity index is 1.83. The van der Waals surface area contributed by atoms with E-state index in [2.05, 4.69) is 31.3 Å². The smallest absolute Gasteiger partial charge is 0.126 e. The molecule has 2 rings (SSSR count). The van der Waals surface area contributed by atoms with Crippen LogP contribution in [0.2, 0.25) is 0 Å². The van der Waals surface area contributed by atoms with Gasteiger partial charge in [0.1, 0.15) is 11.6 Å². The van der Waals surface area contributed by atoms with Gasteiger partial charge in [-0.1, -0.05) is 38.1 Å². The molecule has 0 bridgehead atoms. The first kappa shape index (κ1) is 19.5. The minimum Gasteiger partial charge on any atom is -0.390 e. The zero-order chi connectivity index (χ0) is 18.4. The van der Waals surface area contributed by atoms with Crippen LogP contribution >= 0.6 is 0 Å². The van der Waals surface area contributed by atoms with E-state index < -0.39 is 23.9 Å². The summed E-state index contributed by atoms with van der Waals surface area (Å²) in [6, 6.07) is 11.6. The van der Waals surface area contributed by atoms with Crippen molar-refractivity contribution in [3.63, 3.8) is 0 Å². The highest BCUT2D eigenvalue weighted by Gasteiger charge is 2.15. The summed E-state index contributed by atoms with van der Waals surface area (Å²) in [5.74, 6) is -0.778. The van der Waals surface area contributed by atoms with Crippen molar-refractivity contribution in [1.29, 1.82) is 0 Å². The van der Waals surface area contributed by atoms with Crippen LogP contribution in [0.5, 0.6) is 0 Å². The summed E-state index contributed by atoms with van der Waals surface area (Å²) >= 11 is 0. The standard InChI is InChI=1S/C20H26F2N2O/c1-13(2)16-5-3-4-15(8-16)12-24-20(23)19(25)7-6-14-9-17(21)11-18(22)10-14/h3-5,8-11,13,19-20,24-25H,6-7,12,23H2,1-2H3. The lowest BCUT2D eigenvalue weighted by atomic mass is 10.0. The second kappa shape index (κ2) is 9.04. The molecule has 0 radical (unpaired) electrons. The Kier molecular flexibility index (Phi) is 7.05. The van der Waals surface area contributed by atoms with Gasteiger partial charge >= 0.3 is 0 Å². The Morgan fingerprint density at radius 1 is 1.04 bits per heavy atom. The van der Waals surface area contributed by atoms with Crippen LogP contribution in [0.15, 0.2) is 42.5 Å². The molecule has 2 aromatic carbocycles. The second-order valence-electron chi connectivity index (χ2n) is 6.69. The predicted octanol–water partition coefficient (Wildman–Crippen LogP) is 3.46. The fourth-order valence-electron chi connectivity index (χ4n) is 2.68. The van der Waals surface area contributed by atoms with Crippen molar-refractivity contribution in [2.24, 2.45) is 5.73 Å². The summed E-state index contributed by atoms with van der Waals surface area (Å²) in [6.45, 7) is 4.82. The van der Waals surface area contributed by atoms with Crippen molar-refractivity contribution in [3.05, 3.63) is 70.8 Å². The molecule has 25 heavy (non-hydrogen) atoms. The van der Waals surface area contributed by atoms with E-state index in [1.54, 1.807) is 0 Å². The van der Waals surface area contributed by atoms with Gasteiger partial charge in [0.05, 0.1) is 12.3 Å². The van der Waals surface area contributed by atoms with Crippen LogP contribution in [0.25, 0.3) is 0 Å². The number of halogens is 2. The van der Waals surface area contributed by atoms with E-state index in [4.69, 9.17) is 5.73 Å². The van der Waals surface area contributed by atoms with Gasteiger partial charge in [0.15, 0.2) is 0 Å². The number of hydrogen-bond donors (Lipinski definition) is 3. The van der Waals surface area contributed by atoms with Crippen LogP contribution in [0, 0.1) is 11.6 Å². The highest BCUT2D eigenvalue weighted by atomic mass is 19.1. The largest absolute Gasteiger partial charge is 0.390 e. The Morgan fingerprint density at radius 3 is 2.36 bits per heavy atom. The minimum absolute atomic E-state index is 0.323. The first-order valence-corrected chi connectivity index (χ1v) is 8.56. The molecule has 0 amide bonds. The number of benzene rings is 2. The molecule has 2 atom stereocenters. The zero-order valence-electron chi connectivity index (χ0n) is 14.7. The van der Waals surface area contributed by atoms with Gasteiger partial charge in [-0.3, -0.25) is 5.32 Å². The molecule has 5 heteroatoms. The summed E-state index contributed by atoms with van der Waals surface area (Å²) in [5, 5.41) is 13.3. The molecule has 0 aromatic heterocycles. The first-order chi connectivity index (χ1) is 11.8. The lowest BCUT2D eigenvalue weighted by molar-refractivity contribution is 0.120. The highest BCUT2D eigenvalue weighted by Crippen LogP contribution is 2.16. The number of aliphatic hydroxyl groups excluding tert-OH is 1. The highest BCUT2D eigenvalue weighted by molar-refractivity contribution is 5.25. The van der Waals surface area contributed by atoms with Crippen LogP contribution in [0.4, 0.5) is 8.78 Å². The lowest BCUT2D eigenvalue weighted by Gasteiger charge is -2.20. The Labute approximate surface area is 147 Å². The molecule has 0 aliphatic carbocycles. The van der Waals surface area contributed by atoms with Crippen LogP contribution in [-0.2, 0) is 13.0 Å². The van der Waals surface area contributed by atoms with Gasteiger partial charge in [-0.25, -0.2) is 8.78 Å². The van der Waals surface area contributed by atoms with Crippen molar-refractivity contribution >= 4 is 0 Å². The molecule has 3 nitrogen and oxygen atoms in total. The minimum atomic E-state index is -0.806. The number of hydrogen-bond acceptors (Lipinski definition) is 3. The molecule has 2 unspecified atom stereocenters. The monoisotopic (exact) mass is 348 g/mol. The number of rotatable bonds is 8. The number of aliphatic hydroxyl groups is 1. The molecule has 0 saturated carbocycles. The molecule has 0 saturated heterocycles. The van der Waals surface area contributed by atoms with E-state index >= 15 is 0 Å². The molecular weight excluding hydrogens is 322 g/mol. The van der Waals surface area contributed by atoms with Crippen molar-refractivity contribution in [2.75, 3.05) is 0 Å². The van der Waals surface area contributed by atoms with Crippen molar-refractivity contribution < 1.29 is 13.9 Å². The van der Waals surface area contributed by atoms with Crippen LogP contribution in [-0.4, -0.2) is 17.4 Å². The molecular formula is C20H26F2N2O. The Hall–Kier alpha value is -1.82. The maximum absolute atomic E-state index is 13.2. The number of nitrogens with one attached hydrogen (secondary N) is 1. The van der Waals surface area contributed by atoms with Crippen molar-refractivity contribution in [3.8, 4) is 0 Å². The van der Waals surface area contributed by atoms with E-state index in [0.717, 1.165) is 11.6 Å². The SMILES string of the molecule is CC(C)c1cccc(CNC(N)C(O)CCc2cc(F)cc(F)c2)c1. The topological polar surface area (TPSA) is 58.3 Å². The van der Waals surface area contributed by atoms with E-state index in [1.165, 1.54) is 17.7 Å². The van der Waals surface area contributed by atoms with Gasteiger partial charge in [-0.2, -0.15) is 0 Å². The maximum Gasteiger partial charge on any atom is 0.126 e. The van der Waals surface area contributed by atoms with Crippen LogP contribution in [0.1, 0.15) is 42.9 Å². The lowest BCUT2D eigenvalue weighted by Crippen LogP contribution is -2.46. The van der Waals surface area contributed by atoms with Gasteiger partial charge in [0.25, 0.3) is 0 Å². The molecule has 136 valence electrons. The zero-order valence-corrected chi connectivity index (χ0v) is 14.7. The molecule has 0 aliphatic rings. The number of nitrogens with two attached hydrogens (primary N) is 1. The van der Waals surface area contributed by atoms with Crippen LogP contribution < -0.4 is 11.1 Å². The summed E-state index contributed by atoms with van der Waals surface area (Å²) in [7, 11) is 0. The first-order valence-electron chi connectivity index (χ1n) is 8.56. The molecule has 0 heterocycles. The average molecular weight is 348 g/mol. The van der Waals surface area contributed by atoms with Crippen molar-refractivity contribution in [1.82, 2.24) is 5.32 Å². The number of aryl methyl sites for hydroxylation is 1. The summed E-state index contributed by atoms with van der Waals surface area (Å²) in [4.78, 5) is 0. The van der Waals surface area contributed by atoms with Gasteiger partial charge < -0.3 is 10.8 Å². The summed E-state index contributed by atoms with van der Waals surface area (Å²) < 4.78 is 26.3. The normalized spacial score (nSPS) is 13.9. The molecule has 4 N–H and O–H groups in total. The van der Waals surface area contributed by atoms with E-state index in [0.29, 0.717) is 30.9 Å². The molecule has 2 aromatic rings. The van der Waals surface area contributed by atoms with Gasteiger partial charge in [0.2, 0.25) is 0 Å². The van der Waals surface area contributed by atoms with Gasteiger partial charge in [-0.05, 0) is 47.6 Å². The summed E-state index contributed by atoms with van der Waals surface area (Å²) in [6.07, 6.45) is -0.738. The quantitative estimate of drug-likeness (QED) is 0.641. The third-order valence-electron chi connectivity index (χ3n) is 4.23. The molecule has 0 fully saturated rings. The third-order valence-corrected chi connectivity index (χ3v) is 4.23. The fraction of sp³-hybridized carbons (Fsp3) is 0.400. The van der Waals surface area contributed by atoms with E-state index in [1.807, 2.05) is 12.1 Å². The maximum atomic E-state index is 13.2. The van der Waals surface area contributed by atoms with E-state index in [9.17, 15) is 13.9 Å². The third kappa shape index (κ3) is 6.20. The Morgan fingerprint density at radius 2 is 1.72 bits per heavy atom. The van der Waals surface area contributed by atoms with Crippen molar-refractivity contribution in [2.45, 2.75) is 51.4 Å². The molecule has 0 spiro atoms. The van der Waals surface area contributed by atoms with E-state index in [-0.39, 0.29) is 0 Å². The van der Waals surface area contributed by atoms with Crippen LogP contribution in [0.3, 0.4) is 0 Å².